The molecule has 1 atom stereocenters. The van der Waals surface area contributed by atoms with Crippen LogP contribution in [0.3, 0.4) is 0 Å². The van der Waals surface area contributed by atoms with Crippen molar-refractivity contribution in [1.82, 2.24) is 14.6 Å². The second-order valence-electron chi connectivity index (χ2n) is 4.47. The first-order valence-corrected chi connectivity index (χ1v) is 5.48. The Morgan fingerprint density at radius 1 is 1.22 bits per heavy atom. The van der Waals surface area contributed by atoms with Crippen LogP contribution in [0.5, 0.6) is 0 Å². The molecule has 1 unspecified atom stereocenters. The zero-order valence-corrected chi connectivity index (χ0v) is 9.94. The van der Waals surface area contributed by atoms with Crippen molar-refractivity contribution in [2.45, 2.75) is 26.1 Å². The van der Waals surface area contributed by atoms with E-state index < -0.39 is 17.8 Å². The maximum absolute atomic E-state index is 12.6. The molecule has 0 spiro atoms. The largest absolute Gasteiger partial charge is 0.417 e. The zero-order valence-electron chi connectivity index (χ0n) is 9.94. The number of fused-ring (bicyclic) bond motifs is 1. The third-order valence-electron chi connectivity index (χ3n) is 2.77. The number of nitrogens with two attached hydrogens (primary N) is 1. The Balaban J connectivity index is 2.57. The summed E-state index contributed by atoms with van der Waals surface area (Å²) >= 11 is 0. The lowest BCUT2D eigenvalue weighted by Crippen LogP contribution is -2.20. The average Bonchev–Trinajstić information content (AvgIpc) is 2.69. The molecule has 98 valence electrons. The molecular formula is C11H13F3N4. The van der Waals surface area contributed by atoms with Gasteiger partial charge in [-0.1, -0.05) is 13.8 Å². The number of aromatic nitrogens is 3. The van der Waals surface area contributed by atoms with E-state index in [0.29, 0.717) is 11.5 Å². The zero-order chi connectivity index (χ0) is 13.5. The van der Waals surface area contributed by atoms with E-state index in [9.17, 15) is 13.2 Å². The minimum absolute atomic E-state index is 0.0620. The first-order valence-electron chi connectivity index (χ1n) is 5.48. The van der Waals surface area contributed by atoms with Gasteiger partial charge in [-0.15, -0.1) is 10.2 Å². The maximum Gasteiger partial charge on any atom is 0.417 e. The lowest BCUT2D eigenvalue weighted by molar-refractivity contribution is -0.137. The first kappa shape index (κ1) is 12.8. The number of hydrogen-bond acceptors (Lipinski definition) is 3. The molecule has 0 radical (unpaired) electrons. The fourth-order valence-electron chi connectivity index (χ4n) is 1.60. The van der Waals surface area contributed by atoms with Gasteiger partial charge in [0.15, 0.2) is 11.5 Å². The van der Waals surface area contributed by atoms with Crippen LogP contribution in [-0.4, -0.2) is 14.6 Å². The van der Waals surface area contributed by atoms with Gasteiger partial charge < -0.3 is 5.73 Å². The van der Waals surface area contributed by atoms with Gasteiger partial charge in [-0.25, -0.2) is 0 Å². The summed E-state index contributed by atoms with van der Waals surface area (Å²) in [5.41, 5.74) is 5.52. The molecule has 0 bridgehead atoms. The van der Waals surface area contributed by atoms with E-state index in [4.69, 9.17) is 5.73 Å². The van der Waals surface area contributed by atoms with Crippen LogP contribution in [0.25, 0.3) is 5.65 Å². The number of pyridine rings is 1. The lowest BCUT2D eigenvalue weighted by atomic mass is 10.1. The van der Waals surface area contributed by atoms with Gasteiger partial charge in [-0.2, -0.15) is 13.2 Å². The molecule has 0 fully saturated rings. The van der Waals surface area contributed by atoms with Gasteiger partial charge in [0.25, 0.3) is 0 Å². The van der Waals surface area contributed by atoms with Gasteiger partial charge in [-0.3, -0.25) is 4.40 Å². The highest BCUT2D eigenvalue weighted by Gasteiger charge is 2.31. The molecule has 2 aromatic rings. The third kappa shape index (κ3) is 2.17. The summed E-state index contributed by atoms with van der Waals surface area (Å²) in [6, 6.07) is 1.81. The first-order chi connectivity index (χ1) is 8.30. The van der Waals surface area contributed by atoms with Gasteiger partial charge in [0.2, 0.25) is 0 Å². The van der Waals surface area contributed by atoms with Crippen LogP contribution in [0.1, 0.15) is 31.3 Å². The van der Waals surface area contributed by atoms with Crippen LogP contribution in [-0.2, 0) is 6.18 Å². The summed E-state index contributed by atoms with van der Waals surface area (Å²) in [7, 11) is 0. The van der Waals surface area contributed by atoms with Crippen LogP contribution < -0.4 is 5.73 Å². The van der Waals surface area contributed by atoms with Gasteiger partial charge in [0.05, 0.1) is 11.6 Å². The van der Waals surface area contributed by atoms with E-state index in [1.165, 1.54) is 10.5 Å². The minimum Gasteiger partial charge on any atom is -0.321 e. The minimum atomic E-state index is -4.39. The molecule has 7 heteroatoms. The average molecular weight is 258 g/mol. The Kier molecular flexibility index (Phi) is 3.02. The highest BCUT2D eigenvalue weighted by molar-refractivity contribution is 5.40. The number of nitrogens with zero attached hydrogens (tertiary/aromatic N) is 3. The van der Waals surface area contributed by atoms with E-state index in [-0.39, 0.29) is 5.92 Å². The number of hydrogen-bond donors (Lipinski definition) is 1. The van der Waals surface area contributed by atoms with E-state index >= 15 is 0 Å². The van der Waals surface area contributed by atoms with Gasteiger partial charge in [0.1, 0.15) is 0 Å². The van der Waals surface area contributed by atoms with Crippen LogP contribution in [0.2, 0.25) is 0 Å². The van der Waals surface area contributed by atoms with Crippen molar-refractivity contribution in [3.63, 3.8) is 0 Å². The van der Waals surface area contributed by atoms with Crippen LogP contribution in [0, 0.1) is 5.92 Å². The Labute approximate surface area is 102 Å². The van der Waals surface area contributed by atoms with Crippen LogP contribution >= 0.6 is 0 Å². The second kappa shape index (κ2) is 4.24. The van der Waals surface area contributed by atoms with E-state index in [2.05, 4.69) is 10.2 Å². The molecule has 4 nitrogen and oxygen atoms in total. The van der Waals surface area contributed by atoms with E-state index in [1.807, 2.05) is 13.8 Å². The summed E-state index contributed by atoms with van der Waals surface area (Å²) in [4.78, 5) is 0. The normalized spacial score (nSPS) is 14.4. The molecular weight excluding hydrogens is 245 g/mol. The topological polar surface area (TPSA) is 56.2 Å². The molecule has 2 rings (SSSR count). The molecule has 2 aromatic heterocycles. The molecule has 0 aliphatic rings. The van der Waals surface area contributed by atoms with Crippen molar-refractivity contribution in [3.05, 3.63) is 29.7 Å². The fraction of sp³-hybridized carbons (Fsp3) is 0.455. The molecule has 2 N–H and O–H groups in total. The Bertz CT molecular complexity index is 559. The van der Waals surface area contributed by atoms with Crippen molar-refractivity contribution in [2.24, 2.45) is 11.7 Å². The summed E-state index contributed by atoms with van der Waals surface area (Å²) in [5, 5.41) is 7.67. The molecule has 2 heterocycles. The van der Waals surface area contributed by atoms with Crippen molar-refractivity contribution in [3.8, 4) is 0 Å². The highest BCUT2D eigenvalue weighted by Crippen LogP contribution is 2.29. The molecule has 0 saturated heterocycles. The summed E-state index contributed by atoms with van der Waals surface area (Å²) in [6.07, 6.45) is -3.41. The van der Waals surface area contributed by atoms with E-state index in [1.54, 1.807) is 0 Å². The summed E-state index contributed by atoms with van der Waals surface area (Å²) < 4.78 is 39.2. The van der Waals surface area contributed by atoms with Gasteiger partial charge in [-0.05, 0) is 18.1 Å². The number of rotatable bonds is 2. The predicted molar refractivity (Wildman–Crippen MR) is 59.8 cm³/mol. The molecule has 0 aliphatic carbocycles. The molecule has 0 saturated carbocycles. The van der Waals surface area contributed by atoms with Crippen LogP contribution in [0.15, 0.2) is 18.3 Å². The molecule has 18 heavy (non-hydrogen) atoms. The quantitative estimate of drug-likeness (QED) is 0.899. The molecule has 0 amide bonds. The van der Waals surface area contributed by atoms with Gasteiger partial charge in [0, 0.05) is 6.20 Å². The standard InChI is InChI=1S/C11H13F3N4/c1-6(2)9(15)10-17-16-8-4-3-7(5-18(8)10)11(12,13)14/h3-6,9H,15H2,1-2H3. The predicted octanol–water partition coefficient (Wildman–Crippen LogP) is 2.40. The summed E-state index contributed by atoms with van der Waals surface area (Å²) in [6.45, 7) is 3.75. The highest BCUT2D eigenvalue weighted by atomic mass is 19.4. The van der Waals surface area contributed by atoms with E-state index in [0.717, 1.165) is 12.3 Å². The third-order valence-corrected chi connectivity index (χ3v) is 2.77. The van der Waals surface area contributed by atoms with Crippen molar-refractivity contribution >= 4 is 5.65 Å². The Morgan fingerprint density at radius 2 is 1.89 bits per heavy atom. The number of alkyl halides is 3. The molecule has 0 aliphatic heterocycles. The van der Waals surface area contributed by atoms with Crippen molar-refractivity contribution in [1.29, 1.82) is 0 Å². The van der Waals surface area contributed by atoms with Crippen LogP contribution in [0.4, 0.5) is 13.2 Å². The van der Waals surface area contributed by atoms with Crippen molar-refractivity contribution < 1.29 is 13.2 Å². The lowest BCUT2D eigenvalue weighted by Gasteiger charge is -2.14. The fourth-order valence-corrected chi connectivity index (χ4v) is 1.60. The smallest absolute Gasteiger partial charge is 0.321 e. The Morgan fingerprint density at radius 3 is 2.44 bits per heavy atom. The monoisotopic (exact) mass is 258 g/mol. The Hall–Kier alpha value is -1.63. The maximum atomic E-state index is 12.6. The second-order valence-corrected chi connectivity index (χ2v) is 4.47. The van der Waals surface area contributed by atoms with Crippen molar-refractivity contribution in [2.75, 3.05) is 0 Å². The van der Waals surface area contributed by atoms with Gasteiger partial charge >= 0.3 is 6.18 Å². The molecule has 0 aromatic carbocycles. The SMILES string of the molecule is CC(C)C(N)c1nnc2ccc(C(F)(F)F)cn12. The summed E-state index contributed by atoms with van der Waals surface area (Å²) in [5.74, 6) is 0.401. The number of halogens is 3.